The Balaban J connectivity index is 1.68. The Morgan fingerprint density at radius 3 is 3.00 bits per heavy atom. The summed E-state index contributed by atoms with van der Waals surface area (Å²) in [7, 11) is 1.79. The SMILES string of the molecule is CCc1cnc(CCNC(=O)N(C)CC2CCCC2O)s1. The number of rotatable bonds is 6. The molecule has 1 heterocycles. The first kappa shape index (κ1) is 16.2. The van der Waals surface area contributed by atoms with Gasteiger partial charge in [-0.3, -0.25) is 0 Å². The van der Waals surface area contributed by atoms with Gasteiger partial charge in [0, 0.05) is 43.5 Å². The van der Waals surface area contributed by atoms with Gasteiger partial charge in [0.05, 0.1) is 11.1 Å². The van der Waals surface area contributed by atoms with Crippen LogP contribution in [0.4, 0.5) is 4.79 Å². The summed E-state index contributed by atoms with van der Waals surface area (Å²) in [6, 6.07) is -0.0682. The lowest BCUT2D eigenvalue weighted by Gasteiger charge is -2.23. The molecule has 2 amide bonds. The predicted octanol–water partition coefficient (Wildman–Crippen LogP) is 2.05. The molecule has 1 aromatic heterocycles. The van der Waals surface area contributed by atoms with Gasteiger partial charge >= 0.3 is 6.03 Å². The van der Waals surface area contributed by atoms with Crippen LogP contribution >= 0.6 is 11.3 Å². The van der Waals surface area contributed by atoms with E-state index in [1.807, 2.05) is 6.20 Å². The Bertz CT molecular complexity index is 464. The predicted molar refractivity (Wildman–Crippen MR) is 84.6 cm³/mol. The monoisotopic (exact) mass is 311 g/mol. The Labute approximate surface area is 130 Å². The standard InChI is InChI=1S/C15H25N3O2S/c1-3-12-9-17-14(21-12)7-8-16-15(20)18(2)10-11-5-4-6-13(11)19/h9,11,13,19H,3-8,10H2,1-2H3,(H,16,20). The van der Waals surface area contributed by atoms with E-state index in [1.165, 1.54) is 4.88 Å². The van der Waals surface area contributed by atoms with E-state index in [0.29, 0.717) is 13.1 Å². The molecule has 0 bridgehead atoms. The zero-order valence-corrected chi connectivity index (χ0v) is 13.7. The van der Waals surface area contributed by atoms with Gasteiger partial charge in [0.1, 0.15) is 0 Å². The summed E-state index contributed by atoms with van der Waals surface area (Å²) < 4.78 is 0. The van der Waals surface area contributed by atoms with Crippen molar-refractivity contribution in [1.82, 2.24) is 15.2 Å². The maximum absolute atomic E-state index is 12.0. The fourth-order valence-electron chi connectivity index (χ4n) is 2.70. The van der Waals surface area contributed by atoms with Crippen LogP contribution in [0.2, 0.25) is 0 Å². The van der Waals surface area contributed by atoms with Gasteiger partial charge in [0.2, 0.25) is 0 Å². The number of aryl methyl sites for hydroxylation is 1. The molecule has 118 valence electrons. The summed E-state index contributed by atoms with van der Waals surface area (Å²) in [6.07, 6.45) is 6.39. The van der Waals surface area contributed by atoms with Crippen LogP contribution in [0.1, 0.15) is 36.1 Å². The van der Waals surface area contributed by atoms with Gasteiger partial charge in [-0.2, -0.15) is 0 Å². The normalized spacial score (nSPS) is 21.5. The van der Waals surface area contributed by atoms with E-state index in [9.17, 15) is 9.90 Å². The number of carbonyl (C=O) groups excluding carboxylic acids is 1. The van der Waals surface area contributed by atoms with Crippen molar-refractivity contribution in [3.63, 3.8) is 0 Å². The van der Waals surface area contributed by atoms with E-state index < -0.39 is 0 Å². The second-order valence-electron chi connectivity index (χ2n) is 5.69. The van der Waals surface area contributed by atoms with Gasteiger partial charge in [-0.05, 0) is 19.3 Å². The van der Waals surface area contributed by atoms with Gasteiger partial charge < -0.3 is 15.3 Å². The summed E-state index contributed by atoms with van der Waals surface area (Å²) >= 11 is 1.71. The second kappa shape index (κ2) is 7.75. The number of nitrogens with zero attached hydrogens (tertiary/aromatic N) is 2. The second-order valence-corrected chi connectivity index (χ2v) is 6.89. The van der Waals surface area contributed by atoms with Gasteiger partial charge in [-0.15, -0.1) is 11.3 Å². The minimum atomic E-state index is -0.247. The number of amides is 2. The maximum Gasteiger partial charge on any atom is 0.317 e. The van der Waals surface area contributed by atoms with E-state index in [2.05, 4.69) is 17.2 Å². The first-order chi connectivity index (χ1) is 10.1. The number of aliphatic hydroxyl groups excluding tert-OH is 1. The van der Waals surface area contributed by atoms with E-state index >= 15 is 0 Å². The molecular weight excluding hydrogens is 286 g/mol. The molecule has 6 heteroatoms. The van der Waals surface area contributed by atoms with Crippen LogP contribution in [0.5, 0.6) is 0 Å². The average Bonchev–Trinajstić information content (AvgIpc) is 3.08. The molecule has 2 N–H and O–H groups in total. The Morgan fingerprint density at radius 2 is 2.38 bits per heavy atom. The third-order valence-corrected chi connectivity index (χ3v) is 5.24. The van der Waals surface area contributed by atoms with Crippen molar-refractivity contribution in [2.75, 3.05) is 20.1 Å². The van der Waals surface area contributed by atoms with E-state index in [-0.39, 0.29) is 18.1 Å². The number of aliphatic hydroxyl groups is 1. The van der Waals surface area contributed by atoms with E-state index in [4.69, 9.17) is 0 Å². The number of nitrogens with one attached hydrogen (secondary N) is 1. The Morgan fingerprint density at radius 1 is 1.57 bits per heavy atom. The van der Waals surface area contributed by atoms with Crippen LogP contribution < -0.4 is 5.32 Å². The van der Waals surface area contributed by atoms with Crippen molar-refractivity contribution < 1.29 is 9.90 Å². The number of hydrogen-bond donors (Lipinski definition) is 2. The molecule has 0 aromatic carbocycles. The highest BCUT2D eigenvalue weighted by atomic mass is 32.1. The fourth-order valence-corrected chi connectivity index (χ4v) is 3.57. The Kier molecular flexibility index (Phi) is 5.99. The van der Waals surface area contributed by atoms with Gasteiger partial charge in [-0.1, -0.05) is 13.3 Å². The van der Waals surface area contributed by atoms with Crippen molar-refractivity contribution in [2.24, 2.45) is 5.92 Å². The minimum Gasteiger partial charge on any atom is -0.393 e. The number of thiazole rings is 1. The van der Waals surface area contributed by atoms with E-state index in [0.717, 1.165) is 37.1 Å². The third kappa shape index (κ3) is 4.68. The molecule has 1 saturated carbocycles. The van der Waals surface area contributed by atoms with Gasteiger partial charge in [0.15, 0.2) is 0 Å². The molecule has 5 nitrogen and oxygen atoms in total. The van der Waals surface area contributed by atoms with E-state index in [1.54, 1.807) is 23.3 Å². The molecule has 0 radical (unpaired) electrons. The average molecular weight is 311 g/mol. The topological polar surface area (TPSA) is 65.5 Å². The Hall–Kier alpha value is -1.14. The van der Waals surface area contributed by atoms with Crippen LogP contribution in [0, 0.1) is 5.92 Å². The van der Waals surface area contributed by atoms with Crippen molar-refractivity contribution in [3.05, 3.63) is 16.1 Å². The summed E-state index contributed by atoms with van der Waals surface area (Å²) in [6.45, 7) is 3.35. The highest BCUT2D eigenvalue weighted by Crippen LogP contribution is 2.25. The number of aromatic nitrogens is 1. The van der Waals surface area contributed by atoms with Crippen LogP contribution in [0.3, 0.4) is 0 Å². The largest absolute Gasteiger partial charge is 0.393 e. The number of carbonyl (C=O) groups is 1. The van der Waals surface area contributed by atoms with Crippen molar-refractivity contribution >= 4 is 17.4 Å². The highest BCUT2D eigenvalue weighted by molar-refractivity contribution is 7.11. The van der Waals surface area contributed by atoms with Crippen LogP contribution in [0.25, 0.3) is 0 Å². The molecule has 2 atom stereocenters. The third-order valence-electron chi connectivity index (χ3n) is 4.04. The molecule has 2 unspecified atom stereocenters. The van der Waals surface area contributed by atoms with Gasteiger partial charge in [0.25, 0.3) is 0 Å². The van der Waals surface area contributed by atoms with Gasteiger partial charge in [-0.25, -0.2) is 9.78 Å². The molecule has 0 saturated heterocycles. The molecule has 0 aliphatic heterocycles. The maximum atomic E-state index is 12.0. The quantitative estimate of drug-likeness (QED) is 0.845. The summed E-state index contributed by atoms with van der Waals surface area (Å²) in [5, 5.41) is 13.8. The highest BCUT2D eigenvalue weighted by Gasteiger charge is 2.27. The van der Waals surface area contributed by atoms with Crippen molar-refractivity contribution in [3.8, 4) is 0 Å². The smallest absolute Gasteiger partial charge is 0.317 e. The molecule has 2 rings (SSSR count). The van der Waals surface area contributed by atoms with Crippen LogP contribution in [-0.4, -0.2) is 47.3 Å². The van der Waals surface area contributed by atoms with Crippen LogP contribution in [0.15, 0.2) is 6.20 Å². The van der Waals surface area contributed by atoms with Crippen molar-refractivity contribution in [2.45, 2.75) is 45.1 Å². The molecule has 1 aliphatic carbocycles. The molecule has 1 fully saturated rings. The molecular formula is C15H25N3O2S. The summed E-state index contributed by atoms with van der Waals surface area (Å²) in [4.78, 5) is 19.3. The first-order valence-corrected chi connectivity index (χ1v) is 8.52. The molecule has 21 heavy (non-hydrogen) atoms. The molecule has 1 aromatic rings. The lowest BCUT2D eigenvalue weighted by atomic mass is 10.1. The zero-order valence-electron chi connectivity index (χ0n) is 12.8. The van der Waals surface area contributed by atoms with Crippen LogP contribution in [-0.2, 0) is 12.8 Å². The summed E-state index contributed by atoms with van der Waals surface area (Å²) in [5.41, 5.74) is 0. The molecule has 0 spiro atoms. The van der Waals surface area contributed by atoms with Crippen molar-refractivity contribution in [1.29, 1.82) is 0 Å². The number of hydrogen-bond acceptors (Lipinski definition) is 4. The first-order valence-electron chi connectivity index (χ1n) is 7.70. The molecule has 1 aliphatic rings. The lowest BCUT2D eigenvalue weighted by Crippen LogP contribution is -2.41. The minimum absolute atomic E-state index is 0.0682. The summed E-state index contributed by atoms with van der Waals surface area (Å²) in [5.74, 6) is 0.229. The fraction of sp³-hybridized carbons (Fsp3) is 0.733. The zero-order chi connectivity index (χ0) is 15.2. The lowest BCUT2D eigenvalue weighted by molar-refractivity contribution is 0.114. The number of urea groups is 1.